The van der Waals surface area contributed by atoms with Crippen molar-refractivity contribution in [2.45, 2.75) is 118 Å². The number of rotatable bonds is 13. The molecular formula is C24H46N2OSSiSn. The Hall–Kier alpha value is 0.146. The first-order chi connectivity index (χ1) is 14.1. The van der Waals surface area contributed by atoms with Crippen LogP contribution in [0, 0.1) is 0 Å². The molecule has 0 atom stereocenters. The van der Waals surface area contributed by atoms with Crippen molar-refractivity contribution >= 4 is 45.8 Å². The number of imidazole rings is 1. The first-order valence-corrected chi connectivity index (χ1v) is 23.4. The van der Waals surface area contributed by atoms with Gasteiger partial charge in [0.15, 0.2) is 0 Å². The molecule has 2 heterocycles. The van der Waals surface area contributed by atoms with Crippen LogP contribution in [0.1, 0.15) is 85.8 Å². The Bertz CT molecular complexity index is 756. The van der Waals surface area contributed by atoms with Gasteiger partial charge in [-0.15, -0.1) is 0 Å². The SMILES string of the molecule is CCC[CH2][Sn]([CH2]CCC)([CH2]CCC)[c]1sc2cncn2c1CO[Si](C)(C)C(C)(C)C. The zero-order chi connectivity index (χ0) is 22.4. The van der Waals surface area contributed by atoms with E-state index in [1.54, 1.807) is 2.89 Å². The Labute approximate surface area is 195 Å². The van der Waals surface area contributed by atoms with Gasteiger partial charge < -0.3 is 0 Å². The third kappa shape index (κ3) is 6.13. The van der Waals surface area contributed by atoms with Crippen LogP contribution in [-0.4, -0.2) is 36.1 Å². The molecule has 0 N–H and O–H groups in total. The van der Waals surface area contributed by atoms with Gasteiger partial charge in [0.1, 0.15) is 0 Å². The van der Waals surface area contributed by atoms with E-state index in [4.69, 9.17) is 4.43 Å². The van der Waals surface area contributed by atoms with Crippen LogP contribution in [0.4, 0.5) is 0 Å². The predicted octanol–water partition coefficient (Wildman–Crippen LogP) is 7.97. The number of hydrogen-bond donors (Lipinski definition) is 0. The summed E-state index contributed by atoms with van der Waals surface area (Å²) in [4.78, 5) is 5.80. The van der Waals surface area contributed by atoms with Crippen molar-refractivity contribution in [3.05, 3.63) is 18.2 Å². The van der Waals surface area contributed by atoms with Gasteiger partial charge in [-0.3, -0.25) is 0 Å². The van der Waals surface area contributed by atoms with Gasteiger partial charge in [-0.05, 0) is 0 Å². The van der Waals surface area contributed by atoms with E-state index in [-0.39, 0.29) is 5.04 Å². The molecule has 3 nitrogen and oxygen atoms in total. The van der Waals surface area contributed by atoms with Crippen LogP contribution >= 0.6 is 11.3 Å². The minimum absolute atomic E-state index is 0.240. The molecule has 0 aliphatic rings. The van der Waals surface area contributed by atoms with E-state index in [0.717, 1.165) is 6.61 Å². The molecule has 0 aliphatic heterocycles. The summed E-state index contributed by atoms with van der Waals surface area (Å²) in [5, 5.41) is 0.240. The molecule has 2 aromatic heterocycles. The molecule has 0 aromatic carbocycles. The van der Waals surface area contributed by atoms with E-state index < -0.39 is 26.7 Å². The molecule has 172 valence electrons. The zero-order valence-corrected chi connectivity index (χ0v) is 25.6. The van der Waals surface area contributed by atoms with E-state index in [1.165, 1.54) is 62.4 Å². The van der Waals surface area contributed by atoms with Crippen LogP contribution in [0.3, 0.4) is 0 Å². The maximum absolute atomic E-state index is 6.80. The van der Waals surface area contributed by atoms with Crippen molar-refractivity contribution < 1.29 is 4.43 Å². The topological polar surface area (TPSA) is 26.5 Å². The van der Waals surface area contributed by atoms with E-state index in [2.05, 4.69) is 81.6 Å². The Balaban J connectivity index is 2.51. The van der Waals surface area contributed by atoms with Gasteiger partial charge in [0.2, 0.25) is 0 Å². The monoisotopic (exact) mass is 558 g/mol. The fourth-order valence-electron chi connectivity index (χ4n) is 4.11. The molecule has 30 heavy (non-hydrogen) atoms. The van der Waals surface area contributed by atoms with Gasteiger partial charge >= 0.3 is 196 Å². The summed E-state index contributed by atoms with van der Waals surface area (Å²) in [5.41, 5.74) is 1.47. The van der Waals surface area contributed by atoms with Crippen molar-refractivity contribution in [1.82, 2.24) is 9.38 Å². The molecule has 0 radical (unpaired) electrons. The van der Waals surface area contributed by atoms with Crippen molar-refractivity contribution in [2.75, 3.05) is 0 Å². The summed E-state index contributed by atoms with van der Waals surface area (Å²) in [7, 11) is -1.79. The van der Waals surface area contributed by atoms with Crippen LogP contribution in [0.2, 0.25) is 31.4 Å². The first-order valence-electron chi connectivity index (χ1n) is 12.2. The second-order valence-electron chi connectivity index (χ2n) is 10.6. The van der Waals surface area contributed by atoms with Gasteiger partial charge in [-0.2, -0.15) is 0 Å². The van der Waals surface area contributed by atoms with Gasteiger partial charge in [-0.1, -0.05) is 0 Å². The van der Waals surface area contributed by atoms with Gasteiger partial charge in [0, 0.05) is 0 Å². The van der Waals surface area contributed by atoms with E-state index in [0.29, 0.717) is 0 Å². The minimum atomic E-state index is -2.51. The average molecular weight is 558 g/mol. The summed E-state index contributed by atoms with van der Waals surface area (Å²) < 4.78 is 15.5. The number of nitrogens with zero attached hydrogens (tertiary/aromatic N) is 2. The Kier molecular flexibility index (Phi) is 9.97. The van der Waals surface area contributed by atoms with Crippen LogP contribution in [-0.2, 0) is 11.0 Å². The third-order valence-corrected chi connectivity index (χ3v) is 31.3. The van der Waals surface area contributed by atoms with Crippen molar-refractivity contribution in [3.8, 4) is 0 Å². The molecular weight excluding hydrogens is 511 g/mol. The third-order valence-electron chi connectivity index (χ3n) is 7.25. The van der Waals surface area contributed by atoms with E-state index in [9.17, 15) is 0 Å². The molecule has 0 spiro atoms. The number of thiazole rings is 1. The number of hydrogen-bond acceptors (Lipinski definition) is 3. The zero-order valence-electron chi connectivity index (χ0n) is 20.9. The van der Waals surface area contributed by atoms with E-state index in [1.807, 2.05) is 6.33 Å². The summed E-state index contributed by atoms with van der Waals surface area (Å²) in [6.45, 7) is 19.6. The molecule has 0 aliphatic carbocycles. The standard InChI is InChI=1S/C12H19N2OSSi.3C4H9.Sn/c1-12(2,3)17(4,5)15-7-10-8-16-11-6-13-9-14(10)11;3*1-3-4-2;/h6,9H,7H2,1-5H3;3*1,3-4H2,2H3;. The Morgan fingerprint density at radius 3 is 2.00 bits per heavy atom. The second-order valence-corrected chi connectivity index (χ2v) is 30.5. The number of fused-ring (bicyclic) bond motifs is 1. The van der Waals surface area contributed by atoms with Crippen molar-refractivity contribution in [3.63, 3.8) is 0 Å². The van der Waals surface area contributed by atoms with Crippen LogP contribution in [0.15, 0.2) is 12.5 Å². The van der Waals surface area contributed by atoms with Crippen molar-refractivity contribution in [1.29, 1.82) is 0 Å². The number of unbranched alkanes of at least 4 members (excludes halogenated alkanes) is 3. The van der Waals surface area contributed by atoms with Crippen LogP contribution in [0.5, 0.6) is 0 Å². The van der Waals surface area contributed by atoms with Crippen LogP contribution < -0.4 is 2.89 Å². The maximum atomic E-state index is 6.80. The first kappa shape index (κ1) is 26.4. The van der Waals surface area contributed by atoms with E-state index >= 15 is 0 Å². The molecule has 0 saturated heterocycles. The molecule has 0 amide bonds. The molecule has 2 aromatic rings. The summed E-state index contributed by atoms with van der Waals surface area (Å²) >= 11 is -0.435. The number of aromatic nitrogens is 2. The molecule has 6 heteroatoms. The van der Waals surface area contributed by atoms with Gasteiger partial charge in [0.05, 0.1) is 0 Å². The average Bonchev–Trinajstić information content (AvgIpc) is 3.27. The second kappa shape index (κ2) is 11.3. The molecule has 2 rings (SSSR count). The molecule has 0 bridgehead atoms. The molecule has 0 unspecified atom stereocenters. The Morgan fingerprint density at radius 2 is 1.53 bits per heavy atom. The summed E-state index contributed by atoms with van der Waals surface area (Å²) in [6.07, 6.45) is 12.3. The van der Waals surface area contributed by atoms with Crippen molar-refractivity contribution in [2.24, 2.45) is 0 Å². The Morgan fingerprint density at radius 1 is 1.00 bits per heavy atom. The van der Waals surface area contributed by atoms with Crippen LogP contribution in [0.25, 0.3) is 4.83 Å². The molecule has 0 fully saturated rings. The molecule has 0 saturated carbocycles. The predicted molar refractivity (Wildman–Crippen MR) is 140 cm³/mol. The fourth-order valence-corrected chi connectivity index (χ4v) is 26.1. The quantitative estimate of drug-likeness (QED) is 0.234. The van der Waals surface area contributed by atoms with Gasteiger partial charge in [0.25, 0.3) is 0 Å². The normalized spacial score (nSPS) is 13.5. The summed E-state index contributed by atoms with van der Waals surface area (Å²) in [6, 6.07) is 0. The fraction of sp³-hybridized carbons (Fsp3) is 0.792. The van der Waals surface area contributed by atoms with Gasteiger partial charge in [-0.25, -0.2) is 0 Å². The summed E-state index contributed by atoms with van der Waals surface area (Å²) in [5.74, 6) is 0.